The van der Waals surface area contributed by atoms with E-state index in [1.807, 2.05) is 20.8 Å². The van der Waals surface area contributed by atoms with Crippen LogP contribution in [0.3, 0.4) is 0 Å². The molecule has 10 heteroatoms. The Bertz CT molecular complexity index is 1180. The van der Waals surface area contributed by atoms with Crippen LogP contribution in [-0.4, -0.2) is 65.7 Å². The van der Waals surface area contributed by atoms with Gasteiger partial charge >= 0.3 is 12.1 Å². The molecule has 3 heterocycles. The molecule has 3 aromatic rings. The standard InChI is InChI=1S/C23H26N4O6/c1-23(2,3)33-22(29)26-9-10-31-11-12-32-18-13-15(5-6-16(18)21(28)30-4)17-14-24-27-8-7-19(26)25-20(17)27/h5-8,13-14H,9-12H2,1-4H3. The van der Waals surface area contributed by atoms with Crippen molar-refractivity contribution in [3.8, 4) is 16.9 Å². The van der Waals surface area contributed by atoms with E-state index in [-0.39, 0.29) is 26.4 Å². The van der Waals surface area contributed by atoms with Gasteiger partial charge in [-0.2, -0.15) is 5.10 Å². The number of fused-ring (bicyclic) bond motifs is 4. The molecule has 0 unspecified atom stereocenters. The second-order valence-corrected chi connectivity index (χ2v) is 8.41. The van der Waals surface area contributed by atoms with Gasteiger partial charge in [0.2, 0.25) is 0 Å². The number of carbonyl (C=O) groups is 2. The molecule has 0 saturated heterocycles. The molecule has 1 aromatic carbocycles. The zero-order valence-electron chi connectivity index (χ0n) is 19.0. The van der Waals surface area contributed by atoms with Gasteiger partial charge < -0.3 is 18.9 Å². The number of ether oxygens (including phenoxy) is 4. The summed E-state index contributed by atoms with van der Waals surface area (Å²) in [6, 6.07) is 6.87. The van der Waals surface area contributed by atoms with Crippen molar-refractivity contribution in [3.63, 3.8) is 0 Å². The van der Waals surface area contributed by atoms with Gasteiger partial charge in [-0.05, 0) is 44.5 Å². The highest BCUT2D eigenvalue weighted by atomic mass is 16.6. The van der Waals surface area contributed by atoms with E-state index in [4.69, 9.17) is 23.9 Å². The normalized spacial score (nSPS) is 14.5. The zero-order valence-corrected chi connectivity index (χ0v) is 19.0. The molecule has 4 rings (SSSR count). The lowest BCUT2D eigenvalue weighted by molar-refractivity contribution is 0.0550. The van der Waals surface area contributed by atoms with Crippen LogP contribution >= 0.6 is 0 Å². The maximum Gasteiger partial charge on any atom is 0.416 e. The Morgan fingerprint density at radius 1 is 1.12 bits per heavy atom. The van der Waals surface area contributed by atoms with Gasteiger partial charge in [-0.25, -0.2) is 19.1 Å². The third-order valence-corrected chi connectivity index (χ3v) is 4.89. The lowest BCUT2D eigenvalue weighted by Gasteiger charge is -2.27. The number of amides is 1. The largest absolute Gasteiger partial charge is 0.490 e. The van der Waals surface area contributed by atoms with Crippen molar-refractivity contribution in [2.24, 2.45) is 0 Å². The summed E-state index contributed by atoms with van der Waals surface area (Å²) in [5.41, 5.74) is 1.66. The highest BCUT2D eigenvalue weighted by Crippen LogP contribution is 2.31. The SMILES string of the molecule is COC(=O)c1ccc2cc1OCCOCCN(C(=O)OC(C)(C)C)c1ccn3ncc-2c3n1. The number of anilines is 1. The Morgan fingerprint density at radius 3 is 2.70 bits per heavy atom. The van der Waals surface area contributed by atoms with Crippen LogP contribution in [0.5, 0.6) is 5.75 Å². The average molecular weight is 454 g/mol. The van der Waals surface area contributed by atoms with Crippen LogP contribution in [0.1, 0.15) is 31.1 Å². The minimum absolute atomic E-state index is 0.215. The van der Waals surface area contributed by atoms with Crippen molar-refractivity contribution in [1.82, 2.24) is 14.6 Å². The Morgan fingerprint density at radius 2 is 1.94 bits per heavy atom. The van der Waals surface area contributed by atoms with Gasteiger partial charge in [0.1, 0.15) is 29.3 Å². The first kappa shape index (κ1) is 22.5. The first-order valence-electron chi connectivity index (χ1n) is 10.5. The highest BCUT2D eigenvalue weighted by Gasteiger charge is 2.25. The molecule has 1 aliphatic rings. The van der Waals surface area contributed by atoms with Gasteiger partial charge in [-0.15, -0.1) is 0 Å². The van der Waals surface area contributed by atoms with Gasteiger partial charge in [-0.1, -0.05) is 6.07 Å². The van der Waals surface area contributed by atoms with E-state index in [2.05, 4.69) is 5.10 Å². The van der Waals surface area contributed by atoms with Crippen LogP contribution in [0.4, 0.5) is 10.6 Å². The molecule has 174 valence electrons. The molecule has 0 spiro atoms. The van der Waals surface area contributed by atoms with Crippen molar-refractivity contribution >= 4 is 23.5 Å². The van der Waals surface area contributed by atoms with E-state index in [0.717, 1.165) is 11.1 Å². The predicted molar refractivity (Wildman–Crippen MR) is 120 cm³/mol. The quantitative estimate of drug-likeness (QED) is 0.516. The summed E-state index contributed by atoms with van der Waals surface area (Å²) in [6.45, 7) is 6.38. The molecule has 33 heavy (non-hydrogen) atoms. The van der Waals surface area contributed by atoms with Crippen LogP contribution in [0.15, 0.2) is 36.7 Å². The van der Waals surface area contributed by atoms with Crippen LogP contribution in [-0.2, 0) is 14.2 Å². The first-order chi connectivity index (χ1) is 15.8. The predicted octanol–water partition coefficient (Wildman–Crippen LogP) is 3.33. The molecule has 0 aliphatic carbocycles. The van der Waals surface area contributed by atoms with E-state index in [1.54, 1.807) is 41.2 Å². The average Bonchev–Trinajstić information content (AvgIpc) is 3.19. The molecular weight excluding hydrogens is 428 g/mol. The Hall–Kier alpha value is -3.66. The number of esters is 1. The van der Waals surface area contributed by atoms with E-state index in [1.165, 1.54) is 12.0 Å². The monoisotopic (exact) mass is 454 g/mol. The van der Waals surface area contributed by atoms with Crippen LogP contribution in [0.2, 0.25) is 0 Å². The molecule has 0 atom stereocenters. The second-order valence-electron chi connectivity index (χ2n) is 8.41. The molecule has 1 amide bonds. The van der Waals surface area contributed by atoms with E-state index >= 15 is 0 Å². The number of carbonyl (C=O) groups excluding carboxylic acids is 2. The van der Waals surface area contributed by atoms with Gasteiger partial charge in [-0.3, -0.25) is 4.90 Å². The first-order valence-corrected chi connectivity index (χ1v) is 10.5. The Balaban J connectivity index is 1.82. The topological polar surface area (TPSA) is 104 Å². The van der Waals surface area contributed by atoms with Crippen LogP contribution in [0, 0.1) is 0 Å². The fourth-order valence-corrected chi connectivity index (χ4v) is 3.39. The van der Waals surface area contributed by atoms with Crippen LogP contribution < -0.4 is 9.64 Å². The van der Waals surface area contributed by atoms with Crippen molar-refractivity contribution < 1.29 is 28.5 Å². The molecule has 0 saturated carbocycles. The van der Waals surface area contributed by atoms with E-state index in [0.29, 0.717) is 22.8 Å². The summed E-state index contributed by atoms with van der Waals surface area (Å²) in [5, 5.41) is 4.37. The van der Waals surface area contributed by atoms with E-state index < -0.39 is 17.7 Å². The summed E-state index contributed by atoms with van der Waals surface area (Å²) in [7, 11) is 1.32. The maximum atomic E-state index is 12.9. The number of aromatic nitrogens is 3. The summed E-state index contributed by atoms with van der Waals surface area (Å²) in [6.07, 6.45) is 2.89. The number of benzene rings is 1. The summed E-state index contributed by atoms with van der Waals surface area (Å²) in [4.78, 5) is 31.2. The van der Waals surface area contributed by atoms with Gasteiger partial charge in [0, 0.05) is 11.8 Å². The number of hydrogen-bond donors (Lipinski definition) is 0. The lowest BCUT2D eigenvalue weighted by atomic mass is 10.1. The fourth-order valence-electron chi connectivity index (χ4n) is 3.39. The zero-order chi connectivity index (χ0) is 23.6. The molecule has 0 N–H and O–H groups in total. The van der Waals surface area contributed by atoms with Gasteiger partial charge in [0.15, 0.2) is 5.65 Å². The number of rotatable bonds is 1. The minimum Gasteiger partial charge on any atom is -0.490 e. The molecular formula is C23H26N4O6. The minimum atomic E-state index is -0.658. The lowest BCUT2D eigenvalue weighted by Crippen LogP contribution is -2.39. The summed E-state index contributed by atoms with van der Waals surface area (Å²) >= 11 is 0. The third kappa shape index (κ3) is 4.90. The van der Waals surface area contributed by atoms with Crippen molar-refractivity contribution in [2.75, 3.05) is 38.4 Å². The van der Waals surface area contributed by atoms with Crippen molar-refractivity contribution in [1.29, 1.82) is 0 Å². The molecule has 1 aliphatic heterocycles. The van der Waals surface area contributed by atoms with Crippen molar-refractivity contribution in [2.45, 2.75) is 26.4 Å². The highest BCUT2D eigenvalue weighted by molar-refractivity contribution is 5.94. The van der Waals surface area contributed by atoms with Crippen molar-refractivity contribution in [3.05, 3.63) is 42.2 Å². The second kappa shape index (κ2) is 9.07. The van der Waals surface area contributed by atoms with E-state index in [9.17, 15) is 9.59 Å². The fraction of sp³-hybridized carbons (Fsp3) is 0.391. The Labute approximate surface area is 191 Å². The summed E-state index contributed by atoms with van der Waals surface area (Å²) in [5.74, 6) is 0.305. The third-order valence-electron chi connectivity index (χ3n) is 4.89. The van der Waals surface area contributed by atoms with Crippen LogP contribution in [0.25, 0.3) is 16.8 Å². The molecule has 2 aromatic heterocycles. The van der Waals surface area contributed by atoms with Gasteiger partial charge in [0.25, 0.3) is 0 Å². The number of methoxy groups -OCH3 is 1. The number of hydrogen-bond acceptors (Lipinski definition) is 8. The summed E-state index contributed by atoms with van der Waals surface area (Å²) < 4.78 is 23.6. The molecule has 10 nitrogen and oxygen atoms in total. The Kier molecular flexibility index (Phi) is 6.19. The number of nitrogens with zero attached hydrogens (tertiary/aromatic N) is 4. The molecule has 0 fully saturated rings. The maximum absolute atomic E-state index is 12.9. The van der Waals surface area contributed by atoms with Gasteiger partial charge in [0.05, 0.1) is 33.1 Å². The smallest absolute Gasteiger partial charge is 0.416 e. The molecule has 0 radical (unpaired) electrons. The molecule has 4 bridgehead atoms.